The Morgan fingerprint density at radius 3 is 2.62 bits per heavy atom. The maximum Gasteiger partial charge on any atom is 0.129 e. The lowest BCUT2D eigenvalue weighted by Crippen LogP contribution is -2.37. The van der Waals surface area contributed by atoms with Gasteiger partial charge in [-0.3, -0.25) is 0 Å². The number of rotatable bonds is 5. The van der Waals surface area contributed by atoms with E-state index in [1.165, 1.54) is 6.07 Å². The van der Waals surface area contributed by atoms with Gasteiger partial charge in [-0.2, -0.15) is 0 Å². The summed E-state index contributed by atoms with van der Waals surface area (Å²) < 4.78 is 13.3. The lowest BCUT2D eigenvalue weighted by Gasteiger charge is -2.18. The van der Waals surface area contributed by atoms with Crippen LogP contribution in [0.1, 0.15) is 24.5 Å². The lowest BCUT2D eigenvalue weighted by atomic mass is 10.1. The number of hydrogen-bond donors (Lipinski definition) is 3. The highest BCUT2D eigenvalue weighted by Gasteiger charge is 2.41. The average molecular weight is 225 g/mol. The third kappa shape index (κ3) is 2.40. The Hall–Kier alpha value is -0.970. The predicted molar refractivity (Wildman–Crippen MR) is 58.4 cm³/mol. The van der Waals surface area contributed by atoms with E-state index < -0.39 is 11.9 Å². The summed E-state index contributed by atoms with van der Waals surface area (Å²) in [5.41, 5.74) is 0.0652. The molecule has 0 aromatic heterocycles. The van der Waals surface area contributed by atoms with E-state index in [0.717, 1.165) is 12.8 Å². The zero-order valence-electron chi connectivity index (χ0n) is 8.99. The molecule has 1 aliphatic rings. The number of β-amino-alcohol motifs (C(OH)–C–C–N with tert-alkyl or cyclic N) is 1. The second kappa shape index (κ2) is 4.49. The van der Waals surface area contributed by atoms with Crippen molar-refractivity contribution in [2.24, 2.45) is 0 Å². The van der Waals surface area contributed by atoms with E-state index in [-0.39, 0.29) is 18.7 Å². The van der Waals surface area contributed by atoms with Gasteiger partial charge < -0.3 is 15.5 Å². The Kier molecular flexibility index (Phi) is 3.23. The van der Waals surface area contributed by atoms with Crippen molar-refractivity contribution < 1.29 is 14.6 Å². The van der Waals surface area contributed by atoms with Crippen LogP contribution in [0, 0.1) is 5.82 Å². The van der Waals surface area contributed by atoms with Crippen LogP contribution in [0.4, 0.5) is 4.39 Å². The van der Waals surface area contributed by atoms with Crippen molar-refractivity contribution in [2.45, 2.75) is 24.5 Å². The number of nitrogens with one attached hydrogen (secondary N) is 1. The summed E-state index contributed by atoms with van der Waals surface area (Å²) in [6, 6.07) is 6.19. The minimum absolute atomic E-state index is 0.0665. The Morgan fingerprint density at radius 1 is 1.38 bits per heavy atom. The average Bonchev–Trinajstić information content (AvgIpc) is 3.07. The van der Waals surface area contributed by atoms with Gasteiger partial charge in [-0.1, -0.05) is 18.2 Å². The zero-order chi connectivity index (χ0) is 11.6. The van der Waals surface area contributed by atoms with E-state index in [4.69, 9.17) is 5.11 Å². The van der Waals surface area contributed by atoms with Crippen molar-refractivity contribution in [3.05, 3.63) is 35.6 Å². The molecule has 0 spiro atoms. The van der Waals surface area contributed by atoms with Crippen LogP contribution in [0.25, 0.3) is 0 Å². The summed E-state index contributed by atoms with van der Waals surface area (Å²) in [4.78, 5) is 0. The van der Waals surface area contributed by atoms with Gasteiger partial charge in [0.1, 0.15) is 5.82 Å². The van der Waals surface area contributed by atoms with Crippen LogP contribution in [0.5, 0.6) is 0 Å². The van der Waals surface area contributed by atoms with Crippen molar-refractivity contribution in [1.29, 1.82) is 0 Å². The van der Waals surface area contributed by atoms with E-state index in [2.05, 4.69) is 5.32 Å². The zero-order valence-corrected chi connectivity index (χ0v) is 8.99. The molecule has 1 unspecified atom stereocenters. The van der Waals surface area contributed by atoms with Gasteiger partial charge >= 0.3 is 0 Å². The highest BCUT2D eigenvalue weighted by atomic mass is 19.1. The molecule has 1 saturated carbocycles. The van der Waals surface area contributed by atoms with Crippen molar-refractivity contribution >= 4 is 0 Å². The van der Waals surface area contributed by atoms with Crippen molar-refractivity contribution in [1.82, 2.24) is 5.32 Å². The first-order valence-electron chi connectivity index (χ1n) is 5.45. The van der Waals surface area contributed by atoms with Gasteiger partial charge in [-0.05, 0) is 18.9 Å². The molecular formula is C12H16FNO2. The molecule has 16 heavy (non-hydrogen) atoms. The minimum atomic E-state index is -0.870. The van der Waals surface area contributed by atoms with Crippen LogP contribution >= 0.6 is 0 Å². The monoisotopic (exact) mass is 225 g/mol. The van der Waals surface area contributed by atoms with E-state index in [1.807, 2.05) is 0 Å². The number of aliphatic hydroxyl groups excluding tert-OH is 2. The summed E-state index contributed by atoms with van der Waals surface area (Å²) in [5, 5.41) is 22.0. The molecular weight excluding hydrogens is 209 g/mol. The molecule has 0 radical (unpaired) electrons. The molecule has 1 atom stereocenters. The molecule has 0 amide bonds. The van der Waals surface area contributed by atoms with Gasteiger partial charge in [0.05, 0.1) is 12.7 Å². The maximum atomic E-state index is 13.3. The molecule has 0 saturated heterocycles. The SMILES string of the molecule is OCC1(NCC(O)c2ccccc2F)CC1. The molecule has 1 fully saturated rings. The van der Waals surface area contributed by atoms with Gasteiger partial charge in [0.25, 0.3) is 0 Å². The fraction of sp³-hybridized carbons (Fsp3) is 0.500. The Labute approximate surface area is 93.9 Å². The molecule has 3 nitrogen and oxygen atoms in total. The molecule has 2 rings (SSSR count). The van der Waals surface area contributed by atoms with Crippen LogP contribution in [-0.2, 0) is 0 Å². The van der Waals surface area contributed by atoms with Gasteiger partial charge in [0.2, 0.25) is 0 Å². The molecule has 0 heterocycles. The number of halogens is 1. The summed E-state index contributed by atoms with van der Waals surface area (Å²) in [5.74, 6) is -0.398. The third-order valence-corrected chi connectivity index (χ3v) is 3.09. The largest absolute Gasteiger partial charge is 0.394 e. The minimum Gasteiger partial charge on any atom is -0.394 e. The smallest absolute Gasteiger partial charge is 0.129 e. The number of benzene rings is 1. The van der Waals surface area contributed by atoms with Gasteiger partial charge in [0.15, 0.2) is 0 Å². The standard InChI is InChI=1S/C12H16FNO2/c13-10-4-2-1-3-9(10)11(16)7-14-12(8-15)5-6-12/h1-4,11,14-16H,5-8H2. The summed E-state index contributed by atoms with van der Waals surface area (Å²) in [7, 11) is 0. The quantitative estimate of drug-likeness (QED) is 0.700. The van der Waals surface area contributed by atoms with Crippen molar-refractivity contribution in [3.63, 3.8) is 0 Å². The summed E-state index contributed by atoms with van der Waals surface area (Å²) in [6.45, 7) is 0.332. The molecule has 1 aromatic carbocycles. The van der Waals surface area contributed by atoms with Crippen LogP contribution < -0.4 is 5.32 Å². The van der Waals surface area contributed by atoms with E-state index in [9.17, 15) is 9.50 Å². The van der Waals surface area contributed by atoms with Gasteiger partial charge in [-0.15, -0.1) is 0 Å². The highest BCUT2D eigenvalue weighted by molar-refractivity contribution is 5.20. The van der Waals surface area contributed by atoms with Gasteiger partial charge in [0, 0.05) is 17.6 Å². The Balaban J connectivity index is 1.93. The molecule has 1 aliphatic carbocycles. The third-order valence-electron chi connectivity index (χ3n) is 3.09. The van der Waals surface area contributed by atoms with E-state index in [1.54, 1.807) is 18.2 Å². The second-order valence-corrected chi connectivity index (χ2v) is 4.36. The predicted octanol–water partition coefficient (Wildman–Crippen LogP) is 0.974. The fourth-order valence-electron chi connectivity index (χ4n) is 1.71. The Bertz CT molecular complexity index is 366. The first-order valence-corrected chi connectivity index (χ1v) is 5.45. The number of aliphatic hydroxyl groups is 2. The van der Waals surface area contributed by atoms with E-state index >= 15 is 0 Å². The van der Waals surface area contributed by atoms with Crippen molar-refractivity contribution in [2.75, 3.05) is 13.2 Å². The molecule has 88 valence electrons. The first kappa shape index (κ1) is 11.5. The van der Waals surface area contributed by atoms with Crippen molar-refractivity contribution in [3.8, 4) is 0 Å². The normalized spacial score (nSPS) is 19.4. The Morgan fingerprint density at radius 2 is 2.06 bits per heavy atom. The number of hydrogen-bond acceptors (Lipinski definition) is 3. The second-order valence-electron chi connectivity index (χ2n) is 4.36. The first-order chi connectivity index (χ1) is 7.67. The summed E-state index contributed by atoms with van der Waals surface area (Å²) >= 11 is 0. The summed E-state index contributed by atoms with van der Waals surface area (Å²) in [6.07, 6.45) is 0.950. The lowest BCUT2D eigenvalue weighted by molar-refractivity contribution is 0.150. The van der Waals surface area contributed by atoms with Gasteiger partial charge in [-0.25, -0.2) is 4.39 Å². The van der Waals surface area contributed by atoms with Crippen LogP contribution in [0.15, 0.2) is 24.3 Å². The molecule has 0 aliphatic heterocycles. The molecule has 4 heteroatoms. The molecule has 3 N–H and O–H groups in total. The van der Waals surface area contributed by atoms with Crippen LogP contribution in [0.2, 0.25) is 0 Å². The fourth-order valence-corrected chi connectivity index (χ4v) is 1.71. The van der Waals surface area contributed by atoms with Crippen LogP contribution in [-0.4, -0.2) is 28.9 Å². The van der Waals surface area contributed by atoms with Crippen LogP contribution in [0.3, 0.4) is 0 Å². The highest BCUT2D eigenvalue weighted by Crippen LogP contribution is 2.34. The van der Waals surface area contributed by atoms with E-state index in [0.29, 0.717) is 5.56 Å². The molecule has 1 aromatic rings. The molecule has 0 bridgehead atoms. The topological polar surface area (TPSA) is 52.5 Å². The maximum absolute atomic E-state index is 13.3.